The Morgan fingerprint density at radius 3 is 2.47 bits per heavy atom. The standard InChI is InChI=1S/C24H19Cl3N4O2S/c25-15-9-16(26)11-17(10-15)31-12-19(23(29-31)20-5-6-21(27)28-20)24-30(22(33)13-34-24)8-7-14-1-3-18(32)4-2-14/h1-6,9-12,24,28,32H,7-8,13H2/t24-/m1/s1. The number of carbonyl (C=O) groups is 1. The third kappa shape index (κ3) is 4.79. The van der Waals surface area contributed by atoms with Gasteiger partial charge < -0.3 is 15.0 Å². The predicted molar refractivity (Wildman–Crippen MR) is 137 cm³/mol. The zero-order valence-electron chi connectivity index (χ0n) is 17.7. The van der Waals surface area contributed by atoms with Gasteiger partial charge >= 0.3 is 0 Å². The Morgan fingerprint density at radius 1 is 1.06 bits per heavy atom. The lowest BCUT2D eigenvalue weighted by Gasteiger charge is -2.24. The van der Waals surface area contributed by atoms with Crippen molar-refractivity contribution in [2.75, 3.05) is 12.3 Å². The molecule has 1 atom stereocenters. The Hall–Kier alpha value is -2.58. The van der Waals surface area contributed by atoms with E-state index in [1.807, 2.05) is 29.3 Å². The zero-order chi connectivity index (χ0) is 23.8. The maximum Gasteiger partial charge on any atom is 0.233 e. The molecule has 1 fully saturated rings. The van der Waals surface area contributed by atoms with Crippen LogP contribution in [0.1, 0.15) is 16.5 Å². The Bertz CT molecular complexity index is 1330. The number of carbonyl (C=O) groups excluding carboxylic acids is 1. The van der Waals surface area contributed by atoms with E-state index < -0.39 is 0 Å². The molecule has 10 heteroatoms. The van der Waals surface area contributed by atoms with Gasteiger partial charge in [-0.3, -0.25) is 4.79 Å². The van der Waals surface area contributed by atoms with Crippen molar-refractivity contribution < 1.29 is 9.90 Å². The monoisotopic (exact) mass is 532 g/mol. The third-order valence-corrected chi connectivity index (χ3v) is 7.47. The van der Waals surface area contributed by atoms with Crippen LogP contribution in [0.2, 0.25) is 15.2 Å². The lowest BCUT2D eigenvalue weighted by molar-refractivity contribution is -0.128. The van der Waals surface area contributed by atoms with Crippen molar-refractivity contribution in [2.45, 2.75) is 11.8 Å². The third-order valence-electron chi connectivity index (χ3n) is 5.57. The molecule has 2 N–H and O–H groups in total. The van der Waals surface area contributed by atoms with E-state index in [0.717, 1.165) is 16.8 Å². The maximum absolute atomic E-state index is 12.8. The Balaban J connectivity index is 1.51. The van der Waals surface area contributed by atoms with E-state index in [9.17, 15) is 9.90 Å². The number of hydrogen-bond acceptors (Lipinski definition) is 4. The molecule has 0 aliphatic carbocycles. The molecule has 2 aromatic heterocycles. The molecule has 2 aromatic carbocycles. The summed E-state index contributed by atoms with van der Waals surface area (Å²) in [4.78, 5) is 17.8. The Morgan fingerprint density at radius 2 is 1.79 bits per heavy atom. The van der Waals surface area contributed by atoms with Crippen LogP contribution in [0.25, 0.3) is 17.1 Å². The first kappa shape index (κ1) is 23.2. The molecule has 1 aliphatic rings. The maximum atomic E-state index is 12.8. The number of aromatic nitrogens is 3. The average molecular weight is 534 g/mol. The highest BCUT2D eigenvalue weighted by Crippen LogP contribution is 2.43. The Kier molecular flexibility index (Phi) is 6.53. The smallest absolute Gasteiger partial charge is 0.233 e. The number of halogens is 3. The predicted octanol–water partition coefficient (Wildman–Crippen LogP) is 6.35. The molecule has 0 spiro atoms. The van der Waals surface area contributed by atoms with E-state index >= 15 is 0 Å². The summed E-state index contributed by atoms with van der Waals surface area (Å²) in [7, 11) is 0. The van der Waals surface area contributed by atoms with Gasteiger partial charge in [-0.1, -0.05) is 46.9 Å². The van der Waals surface area contributed by atoms with Gasteiger partial charge in [0.15, 0.2) is 0 Å². The molecular formula is C24H19Cl3N4O2S. The van der Waals surface area contributed by atoms with Crippen LogP contribution in [-0.4, -0.2) is 43.0 Å². The quantitative estimate of drug-likeness (QED) is 0.303. The minimum Gasteiger partial charge on any atom is -0.508 e. The van der Waals surface area contributed by atoms with E-state index in [2.05, 4.69) is 4.98 Å². The molecule has 4 aromatic rings. The highest BCUT2D eigenvalue weighted by atomic mass is 35.5. The van der Waals surface area contributed by atoms with Crippen molar-refractivity contribution in [3.05, 3.63) is 87.1 Å². The first-order valence-corrected chi connectivity index (χ1v) is 12.7. The number of aromatic hydroxyl groups is 1. The Labute approximate surface area is 215 Å². The van der Waals surface area contributed by atoms with Crippen LogP contribution in [0.15, 0.2) is 60.8 Å². The number of benzene rings is 2. The van der Waals surface area contributed by atoms with Gasteiger partial charge in [0.25, 0.3) is 0 Å². The van der Waals surface area contributed by atoms with Gasteiger partial charge in [-0.15, -0.1) is 11.8 Å². The van der Waals surface area contributed by atoms with Crippen LogP contribution in [0, 0.1) is 0 Å². The highest BCUT2D eigenvalue weighted by Gasteiger charge is 2.36. The number of phenolic OH excluding ortho intramolecular Hbond substituents is 1. The summed E-state index contributed by atoms with van der Waals surface area (Å²) in [5, 5.41) is 15.6. The number of hydrogen-bond donors (Lipinski definition) is 2. The molecule has 0 radical (unpaired) electrons. The molecular weight excluding hydrogens is 515 g/mol. The summed E-state index contributed by atoms with van der Waals surface area (Å²) in [5.41, 5.74) is 4.10. The van der Waals surface area contributed by atoms with Crippen molar-refractivity contribution in [2.24, 2.45) is 0 Å². The largest absolute Gasteiger partial charge is 0.508 e. The second kappa shape index (κ2) is 9.58. The van der Waals surface area contributed by atoms with E-state index in [4.69, 9.17) is 39.9 Å². The van der Waals surface area contributed by atoms with Gasteiger partial charge in [0.2, 0.25) is 5.91 Å². The molecule has 1 amide bonds. The second-order valence-corrected chi connectivity index (χ2v) is 10.2. The van der Waals surface area contributed by atoms with Crippen molar-refractivity contribution >= 4 is 52.5 Å². The number of phenols is 1. The summed E-state index contributed by atoms with van der Waals surface area (Å²) < 4.78 is 1.72. The fourth-order valence-corrected chi connectivity index (χ4v) is 5.85. The molecule has 1 aliphatic heterocycles. The van der Waals surface area contributed by atoms with E-state index in [1.54, 1.807) is 52.8 Å². The number of H-pyrrole nitrogens is 1. The van der Waals surface area contributed by atoms with Gasteiger partial charge in [0, 0.05) is 28.4 Å². The molecule has 5 rings (SSSR count). The van der Waals surface area contributed by atoms with Gasteiger partial charge in [0.05, 0.1) is 17.1 Å². The van der Waals surface area contributed by atoms with Gasteiger partial charge in [-0.2, -0.15) is 5.10 Å². The molecule has 6 nitrogen and oxygen atoms in total. The molecule has 34 heavy (non-hydrogen) atoms. The molecule has 0 bridgehead atoms. The van der Waals surface area contributed by atoms with Crippen LogP contribution >= 0.6 is 46.6 Å². The molecule has 3 heterocycles. The summed E-state index contributed by atoms with van der Waals surface area (Å²) >= 11 is 20.2. The summed E-state index contributed by atoms with van der Waals surface area (Å²) in [6.45, 7) is 0.542. The van der Waals surface area contributed by atoms with Crippen LogP contribution < -0.4 is 0 Å². The molecule has 1 saturated heterocycles. The van der Waals surface area contributed by atoms with Crippen molar-refractivity contribution in [1.29, 1.82) is 0 Å². The fraction of sp³-hybridized carbons (Fsp3) is 0.167. The summed E-state index contributed by atoms with van der Waals surface area (Å²) in [6.07, 6.45) is 2.58. The fourth-order valence-electron chi connectivity index (χ4n) is 3.95. The first-order chi connectivity index (χ1) is 16.4. The number of rotatable bonds is 6. The number of nitrogens with one attached hydrogen (secondary N) is 1. The van der Waals surface area contributed by atoms with Gasteiger partial charge in [-0.25, -0.2) is 4.68 Å². The highest BCUT2D eigenvalue weighted by molar-refractivity contribution is 8.00. The number of aromatic amines is 1. The average Bonchev–Trinajstić information content (AvgIpc) is 3.51. The van der Waals surface area contributed by atoms with Crippen molar-refractivity contribution in [1.82, 2.24) is 19.7 Å². The van der Waals surface area contributed by atoms with E-state index in [-0.39, 0.29) is 17.0 Å². The lowest BCUT2D eigenvalue weighted by atomic mass is 10.1. The van der Waals surface area contributed by atoms with Gasteiger partial charge in [0.1, 0.15) is 22.0 Å². The normalized spacial score (nSPS) is 15.9. The van der Waals surface area contributed by atoms with Crippen LogP contribution in [-0.2, 0) is 11.2 Å². The van der Waals surface area contributed by atoms with Crippen LogP contribution in [0.3, 0.4) is 0 Å². The second-order valence-electron chi connectivity index (χ2n) is 7.89. The minimum absolute atomic E-state index is 0.0720. The number of amides is 1. The minimum atomic E-state index is -0.218. The lowest BCUT2D eigenvalue weighted by Crippen LogP contribution is -2.30. The number of thioether (sulfide) groups is 1. The topological polar surface area (TPSA) is 74.2 Å². The van der Waals surface area contributed by atoms with Crippen LogP contribution in [0.4, 0.5) is 0 Å². The van der Waals surface area contributed by atoms with Crippen molar-refractivity contribution in [3.8, 4) is 22.8 Å². The molecule has 0 unspecified atom stereocenters. The molecule has 174 valence electrons. The first-order valence-electron chi connectivity index (χ1n) is 10.5. The van der Waals surface area contributed by atoms with Crippen molar-refractivity contribution in [3.63, 3.8) is 0 Å². The number of nitrogens with zero attached hydrogens (tertiary/aromatic N) is 3. The summed E-state index contributed by atoms with van der Waals surface area (Å²) in [6, 6.07) is 15.9. The van der Waals surface area contributed by atoms with E-state index in [1.165, 1.54) is 0 Å². The van der Waals surface area contributed by atoms with Gasteiger partial charge in [-0.05, 0) is 54.4 Å². The zero-order valence-corrected chi connectivity index (χ0v) is 20.8. The molecule has 0 saturated carbocycles. The van der Waals surface area contributed by atoms with E-state index in [0.29, 0.717) is 45.3 Å². The summed E-state index contributed by atoms with van der Waals surface area (Å²) in [5.74, 6) is 0.680. The SMILES string of the molecule is O=C1CS[C@H](c2cn(-c3cc(Cl)cc(Cl)c3)nc2-c2ccc(Cl)[nH]2)N1CCc1ccc(O)cc1. The van der Waals surface area contributed by atoms with Crippen LogP contribution in [0.5, 0.6) is 5.75 Å².